The van der Waals surface area contributed by atoms with E-state index in [0.29, 0.717) is 58.9 Å². The number of aromatic nitrogens is 2. The first kappa shape index (κ1) is 25.0. The van der Waals surface area contributed by atoms with Crippen molar-refractivity contribution in [3.05, 3.63) is 58.7 Å². The number of rotatable bonds is 9. The second-order valence-corrected chi connectivity index (χ2v) is 11.8. The fraction of sp³-hybridized carbons (Fsp3) is 0.292. The van der Waals surface area contributed by atoms with Gasteiger partial charge in [-0.3, -0.25) is 9.63 Å². The predicted molar refractivity (Wildman–Crippen MR) is 138 cm³/mol. The van der Waals surface area contributed by atoms with Crippen LogP contribution in [0.25, 0.3) is 0 Å². The number of ether oxygens (including phenoxy) is 1. The molecule has 1 amide bonds. The van der Waals surface area contributed by atoms with E-state index in [1.807, 2.05) is 38.1 Å². The Morgan fingerprint density at radius 1 is 1.14 bits per heavy atom. The lowest BCUT2D eigenvalue weighted by atomic mass is 10.0. The van der Waals surface area contributed by atoms with Crippen molar-refractivity contribution in [2.24, 2.45) is 0 Å². The Kier molecular flexibility index (Phi) is 7.60. The number of hydroxylamine groups is 1. The molecule has 3 N–H and O–H groups in total. The molecule has 1 aliphatic heterocycles. The molecule has 0 atom stereocenters. The molecule has 9 nitrogen and oxygen atoms in total. The van der Waals surface area contributed by atoms with Gasteiger partial charge >= 0.3 is 0 Å². The van der Waals surface area contributed by atoms with Crippen molar-refractivity contribution in [1.29, 1.82) is 0 Å². The van der Waals surface area contributed by atoms with Gasteiger partial charge in [0.1, 0.15) is 17.9 Å². The minimum absolute atomic E-state index is 0.287. The molecule has 0 spiro atoms. The lowest BCUT2D eigenvalue weighted by Crippen LogP contribution is -2.23. The fourth-order valence-corrected chi connectivity index (χ4v) is 6.21. The molecule has 3 aromatic rings. The molecule has 184 valence electrons. The molecular weight excluding hydrogens is 489 g/mol. The first-order chi connectivity index (χ1) is 16.9. The molecule has 1 aromatic heterocycles. The molecule has 0 aliphatic carbocycles. The lowest BCUT2D eigenvalue weighted by Gasteiger charge is -2.20. The van der Waals surface area contributed by atoms with Gasteiger partial charge in [-0.15, -0.1) is 0 Å². The van der Waals surface area contributed by atoms with Gasteiger partial charge in [-0.2, -0.15) is 4.98 Å². The van der Waals surface area contributed by atoms with Crippen LogP contribution >= 0.6 is 18.7 Å². The largest absolute Gasteiger partial charge is 0.491 e. The van der Waals surface area contributed by atoms with Crippen molar-refractivity contribution in [2.75, 3.05) is 36.7 Å². The maximum atomic E-state index is 13.4. The number of carbonyl (C=O) groups is 1. The normalized spacial score (nSPS) is 12.6. The minimum Gasteiger partial charge on any atom is -0.491 e. The molecule has 4 rings (SSSR count). The van der Waals surface area contributed by atoms with Crippen LogP contribution in [0.3, 0.4) is 0 Å². The zero-order chi connectivity index (χ0) is 25.0. The summed E-state index contributed by atoms with van der Waals surface area (Å²) in [4.78, 5) is 25.9. The lowest BCUT2D eigenvalue weighted by molar-refractivity contribution is 0.0537. The van der Waals surface area contributed by atoms with Crippen molar-refractivity contribution in [3.8, 4) is 5.75 Å². The Morgan fingerprint density at radius 2 is 1.91 bits per heavy atom. The molecule has 1 aliphatic rings. The van der Waals surface area contributed by atoms with Crippen LogP contribution in [-0.4, -0.2) is 41.9 Å². The van der Waals surface area contributed by atoms with E-state index < -0.39 is 7.14 Å². The molecule has 11 heteroatoms. The summed E-state index contributed by atoms with van der Waals surface area (Å²) in [5, 5.41) is 7.49. The molecular formula is C24H27ClN5O4P. The number of hydrogen-bond acceptors (Lipinski definition) is 8. The van der Waals surface area contributed by atoms with Gasteiger partial charge in [-0.25, -0.2) is 10.5 Å². The number of fused-ring (bicyclic) bond motifs is 1. The molecule has 0 radical (unpaired) electrons. The van der Waals surface area contributed by atoms with Crippen LogP contribution in [0, 0.1) is 0 Å². The van der Waals surface area contributed by atoms with Crippen molar-refractivity contribution in [3.63, 3.8) is 0 Å². The molecule has 2 heterocycles. The minimum atomic E-state index is -2.54. The average Bonchev–Trinajstić information content (AvgIpc) is 3.37. The number of para-hydroxylation sites is 1. The first-order valence-electron chi connectivity index (χ1n) is 11.3. The molecule has 2 aromatic carbocycles. The standard InChI is InChI=1S/C24H27ClN5O4P/c1-4-35(32,5-2)20-9-7-6-8-18(20)27-22-17(25)14-26-24(29-22)28-19-11-10-16(23(31)30-33-3)15-12-13-34-21(15)19/h6-11,14H,4-5,12-13H2,1-3H3,(H,30,31)(H2,26,27,28,29). The van der Waals surface area contributed by atoms with E-state index in [1.54, 1.807) is 12.1 Å². The van der Waals surface area contributed by atoms with Gasteiger partial charge in [0.15, 0.2) is 5.82 Å². The van der Waals surface area contributed by atoms with Gasteiger partial charge in [0.25, 0.3) is 5.91 Å². The topological polar surface area (TPSA) is 114 Å². The summed E-state index contributed by atoms with van der Waals surface area (Å²) in [6.07, 6.45) is 3.21. The van der Waals surface area contributed by atoms with Gasteiger partial charge < -0.3 is 19.9 Å². The van der Waals surface area contributed by atoms with Crippen molar-refractivity contribution < 1.29 is 18.9 Å². The summed E-state index contributed by atoms with van der Waals surface area (Å²) < 4.78 is 19.2. The molecule has 0 unspecified atom stereocenters. The van der Waals surface area contributed by atoms with E-state index in [2.05, 4.69) is 26.1 Å². The Bertz CT molecular complexity index is 1290. The molecule has 0 saturated carbocycles. The highest BCUT2D eigenvalue weighted by atomic mass is 35.5. The third-order valence-corrected chi connectivity index (χ3v) is 9.49. The maximum absolute atomic E-state index is 13.4. The summed E-state index contributed by atoms with van der Waals surface area (Å²) in [6, 6.07) is 10.9. The monoisotopic (exact) mass is 515 g/mol. The van der Waals surface area contributed by atoms with Gasteiger partial charge in [0.2, 0.25) is 5.95 Å². The number of nitrogens with one attached hydrogen (secondary N) is 3. The zero-order valence-corrected chi connectivity index (χ0v) is 21.4. The highest BCUT2D eigenvalue weighted by molar-refractivity contribution is 7.71. The summed E-state index contributed by atoms with van der Waals surface area (Å²) in [5.41, 5.74) is 4.92. The van der Waals surface area contributed by atoms with Gasteiger partial charge in [-0.05, 0) is 24.3 Å². The van der Waals surface area contributed by atoms with Gasteiger partial charge in [0.05, 0.1) is 31.3 Å². The fourth-order valence-electron chi connectivity index (χ4n) is 4.02. The number of nitrogens with zero attached hydrogens (tertiary/aromatic N) is 2. The second kappa shape index (κ2) is 10.6. The molecule has 0 saturated heterocycles. The summed E-state index contributed by atoms with van der Waals surface area (Å²) >= 11 is 6.40. The van der Waals surface area contributed by atoms with Gasteiger partial charge in [-0.1, -0.05) is 37.6 Å². The number of halogens is 1. The van der Waals surface area contributed by atoms with Crippen LogP contribution in [0.5, 0.6) is 5.75 Å². The smallest absolute Gasteiger partial charge is 0.275 e. The summed E-state index contributed by atoms with van der Waals surface area (Å²) in [5.74, 6) is 0.892. The third-order valence-electron chi connectivity index (χ3n) is 5.91. The number of anilines is 4. The Hall–Kier alpha value is -3.13. The average molecular weight is 516 g/mol. The van der Waals surface area contributed by atoms with E-state index in [1.165, 1.54) is 13.3 Å². The predicted octanol–water partition coefficient (Wildman–Crippen LogP) is 4.87. The van der Waals surface area contributed by atoms with Crippen LogP contribution in [0.15, 0.2) is 42.6 Å². The van der Waals surface area contributed by atoms with Crippen LogP contribution in [0.1, 0.15) is 29.8 Å². The molecule has 0 bridgehead atoms. The van der Waals surface area contributed by atoms with Gasteiger partial charge in [0, 0.05) is 35.2 Å². The summed E-state index contributed by atoms with van der Waals surface area (Å²) in [7, 11) is -1.16. The summed E-state index contributed by atoms with van der Waals surface area (Å²) in [6.45, 7) is 4.33. The van der Waals surface area contributed by atoms with E-state index in [-0.39, 0.29) is 11.9 Å². The molecule has 35 heavy (non-hydrogen) atoms. The Labute approximate surface area is 208 Å². The first-order valence-corrected chi connectivity index (χ1v) is 13.7. The van der Waals surface area contributed by atoms with E-state index >= 15 is 0 Å². The third kappa shape index (κ3) is 5.12. The maximum Gasteiger partial charge on any atom is 0.275 e. The van der Waals surface area contributed by atoms with Crippen molar-refractivity contribution in [2.45, 2.75) is 20.3 Å². The van der Waals surface area contributed by atoms with Crippen LogP contribution in [-0.2, 0) is 15.8 Å². The number of carbonyl (C=O) groups excluding carboxylic acids is 1. The number of hydrogen-bond donors (Lipinski definition) is 3. The van der Waals surface area contributed by atoms with E-state index in [9.17, 15) is 9.36 Å². The highest BCUT2D eigenvalue weighted by Crippen LogP contribution is 2.46. The Morgan fingerprint density at radius 3 is 2.66 bits per heavy atom. The number of amides is 1. The van der Waals surface area contributed by atoms with Crippen LogP contribution < -0.4 is 26.2 Å². The van der Waals surface area contributed by atoms with E-state index in [4.69, 9.17) is 21.2 Å². The quantitative estimate of drug-likeness (QED) is 0.273. The van der Waals surface area contributed by atoms with E-state index in [0.717, 1.165) is 10.9 Å². The van der Waals surface area contributed by atoms with Crippen LogP contribution in [0.4, 0.5) is 23.1 Å². The van der Waals surface area contributed by atoms with Crippen molar-refractivity contribution in [1.82, 2.24) is 15.4 Å². The SMILES string of the molecule is CCP(=O)(CC)c1ccccc1Nc1nc(Nc2ccc(C(=O)NOC)c3c2OCC3)ncc1Cl. The van der Waals surface area contributed by atoms with Crippen LogP contribution in [0.2, 0.25) is 5.02 Å². The Balaban J connectivity index is 1.64. The zero-order valence-electron chi connectivity index (χ0n) is 19.7. The second-order valence-electron chi connectivity index (χ2n) is 7.88. The molecule has 0 fully saturated rings. The van der Waals surface area contributed by atoms with Crippen molar-refractivity contribution >= 4 is 53.1 Å². The number of benzene rings is 2. The highest BCUT2D eigenvalue weighted by Gasteiger charge is 2.25.